The topological polar surface area (TPSA) is 69.1 Å². The second-order valence-electron chi connectivity index (χ2n) is 6.14. The second kappa shape index (κ2) is 7.21. The molecule has 4 rings (SSSR count). The molecule has 136 valence electrons. The van der Waals surface area contributed by atoms with Gasteiger partial charge in [-0.2, -0.15) is 0 Å². The van der Waals surface area contributed by atoms with E-state index in [-0.39, 0.29) is 5.63 Å². The predicted molar refractivity (Wildman–Crippen MR) is 106 cm³/mol. The van der Waals surface area contributed by atoms with E-state index in [0.29, 0.717) is 27.5 Å². The van der Waals surface area contributed by atoms with Crippen molar-refractivity contribution in [2.45, 2.75) is 24.8 Å². The van der Waals surface area contributed by atoms with Gasteiger partial charge in [0.05, 0.1) is 0 Å². The van der Waals surface area contributed by atoms with E-state index in [2.05, 4.69) is 10.2 Å². The number of rotatable bonds is 4. The Morgan fingerprint density at radius 1 is 1.04 bits per heavy atom. The zero-order valence-electron chi connectivity index (χ0n) is 14.7. The highest BCUT2D eigenvalue weighted by molar-refractivity contribution is 7.98. The van der Waals surface area contributed by atoms with Crippen molar-refractivity contribution >= 4 is 34.3 Å². The summed E-state index contributed by atoms with van der Waals surface area (Å²) in [5.41, 5.74) is 4.00. The maximum Gasteiger partial charge on any atom is 0.336 e. The van der Waals surface area contributed by atoms with Crippen LogP contribution in [-0.2, 0) is 5.75 Å². The van der Waals surface area contributed by atoms with E-state index in [0.717, 1.165) is 27.6 Å². The first kappa shape index (κ1) is 17.8. The first-order chi connectivity index (χ1) is 13.0. The number of aryl methyl sites for hydroxylation is 2. The van der Waals surface area contributed by atoms with Gasteiger partial charge < -0.3 is 8.83 Å². The van der Waals surface area contributed by atoms with Crippen LogP contribution in [0.4, 0.5) is 0 Å². The molecular formula is C20H15ClN2O3S. The molecule has 4 aromatic rings. The van der Waals surface area contributed by atoms with Crippen molar-refractivity contribution in [3.8, 4) is 11.5 Å². The van der Waals surface area contributed by atoms with Crippen molar-refractivity contribution in [3.63, 3.8) is 0 Å². The smallest absolute Gasteiger partial charge is 0.336 e. The minimum atomic E-state index is -0.362. The van der Waals surface area contributed by atoms with Crippen molar-refractivity contribution in [1.29, 1.82) is 0 Å². The normalized spacial score (nSPS) is 11.2. The number of hydrogen-bond acceptors (Lipinski definition) is 6. The summed E-state index contributed by atoms with van der Waals surface area (Å²) in [4.78, 5) is 12.0. The highest BCUT2D eigenvalue weighted by atomic mass is 35.5. The monoisotopic (exact) mass is 398 g/mol. The van der Waals surface area contributed by atoms with Crippen molar-refractivity contribution < 1.29 is 8.83 Å². The summed E-state index contributed by atoms with van der Waals surface area (Å²) in [6, 6.07) is 12.7. The van der Waals surface area contributed by atoms with Crippen molar-refractivity contribution in [3.05, 3.63) is 74.6 Å². The second-order valence-corrected chi connectivity index (χ2v) is 7.51. The first-order valence-corrected chi connectivity index (χ1v) is 9.63. The molecule has 0 aliphatic heterocycles. The lowest BCUT2D eigenvalue weighted by Crippen LogP contribution is -2.01. The molecule has 0 atom stereocenters. The van der Waals surface area contributed by atoms with Crippen molar-refractivity contribution in [2.75, 3.05) is 0 Å². The van der Waals surface area contributed by atoms with Gasteiger partial charge in [-0.15, -0.1) is 10.2 Å². The molecule has 5 nitrogen and oxygen atoms in total. The zero-order chi connectivity index (χ0) is 19.0. The number of aromatic nitrogens is 2. The van der Waals surface area contributed by atoms with Gasteiger partial charge >= 0.3 is 5.63 Å². The number of halogens is 1. The maximum absolute atomic E-state index is 12.0. The average Bonchev–Trinajstić information content (AvgIpc) is 3.13. The molecule has 27 heavy (non-hydrogen) atoms. The Morgan fingerprint density at radius 2 is 1.81 bits per heavy atom. The molecule has 0 radical (unpaired) electrons. The SMILES string of the molecule is Cc1ccc2c(CSc3nnc(-c4ccc(Cl)cc4)o3)cc(=O)oc2c1C. The lowest BCUT2D eigenvalue weighted by Gasteiger charge is -2.07. The minimum Gasteiger partial charge on any atom is -0.422 e. The standard InChI is InChI=1S/C20H15ClN2O3S/c1-11-3-8-16-14(9-17(24)25-18(16)12(11)2)10-27-20-23-22-19(26-20)13-4-6-15(21)7-5-13/h3-9H,10H2,1-2H3. The van der Waals surface area contributed by atoms with Gasteiger partial charge in [0.15, 0.2) is 0 Å². The van der Waals surface area contributed by atoms with Gasteiger partial charge in [0.25, 0.3) is 5.22 Å². The van der Waals surface area contributed by atoms with Gasteiger partial charge in [-0.1, -0.05) is 35.5 Å². The van der Waals surface area contributed by atoms with E-state index in [1.807, 2.05) is 38.1 Å². The fourth-order valence-electron chi connectivity index (χ4n) is 2.76. The van der Waals surface area contributed by atoms with Crippen LogP contribution in [0.25, 0.3) is 22.4 Å². The minimum absolute atomic E-state index is 0.362. The Morgan fingerprint density at radius 3 is 2.59 bits per heavy atom. The summed E-state index contributed by atoms with van der Waals surface area (Å²) in [5.74, 6) is 0.949. The van der Waals surface area contributed by atoms with E-state index in [4.69, 9.17) is 20.4 Å². The molecule has 0 fully saturated rings. The lowest BCUT2D eigenvalue weighted by molar-refractivity contribution is 0.466. The largest absolute Gasteiger partial charge is 0.422 e. The fraction of sp³-hybridized carbons (Fsp3) is 0.150. The van der Waals surface area contributed by atoms with Crippen LogP contribution in [0, 0.1) is 13.8 Å². The summed E-state index contributed by atoms with van der Waals surface area (Å²) in [6.45, 7) is 3.95. The number of nitrogens with zero attached hydrogens (tertiary/aromatic N) is 2. The summed E-state index contributed by atoms with van der Waals surface area (Å²) < 4.78 is 11.1. The molecule has 2 heterocycles. The molecule has 0 saturated heterocycles. The van der Waals surface area contributed by atoms with Crippen LogP contribution in [0.15, 0.2) is 61.3 Å². The van der Waals surface area contributed by atoms with Gasteiger partial charge in [-0.25, -0.2) is 4.79 Å². The Hall–Kier alpha value is -2.57. The van der Waals surface area contributed by atoms with Gasteiger partial charge in [-0.05, 0) is 54.8 Å². The lowest BCUT2D eigenvalue weighted by atomic mass is 10.0. The highest BCUT2D eigenvalue weighted by Gasteiger charge is 2.13. The van der Waals surface area contributed by atoms with E-state index in [1.54, 1.807) is 12.1 Å². The number of fused-ring (bicyclic) bond motifs is 1. The van der Waals surface area contributed by atoms with E-state index < -0.39 is 0 Å². The molecule has 0 bridgehead atoms. The fourth-order valence-corrected chi connectivity index (χ4v) is 3.64. The van der Waals surface area contributed by atoms with Gasteiger partial charge in [0.1, 0.15) is 5.58 Å². The molecule has 7 heteroatoms. The predicted octanol–water partition coefficient (Wildman–Crippen LogP) is 5.41. The van der Waals surface area contributed by atoms with Crippen LogP contribution in [0.5, 0.6) is 0 Å². The Kier molecular flexibility index (Phi) is 4.76. The summed E-state index contributed by atoms with van der Waals surface area (Å²) in [7, 11) is 0. The van der Waals surface area contributed by atoms with Crippen LogP contribution in [0.3, 0.4) is 0 Å². The molecule has 0 unspecified atom stereocenters. The van der Waals surface area contributed by atoms with E-state index in [9.17, 15) is 4.79 Å². The van der Waals surface area contributed by atoms with Crippen LogP contribution in [0.2, 0.25) is 5.02 Å². The van der Waals surface area contributed by atoms with Gasteiger partial charge in [-0.3, -0.25) is 0 Å². The third kappa shape index (κ3) is 3.63. The van der Waals surface area contributed by atoms with Gasteiger partial charge in [0.2, 0.25) is 5.89 Å². The van der Waals surface area contributed by atoms with Crippen molar-refractivity contribution in [2.24, 2.45) is 0 Å². The number of thioether (sulfide) groups is 1. The third-order valence-electron chi connectivity index (χ3n) is 4.37. The number of benzene rings is 2. The molecule has 0 spiro atoms. The van der Waals surface area contributed by atoms with E-state index >= 15 is 0 Å². The first-order valence-electron chi connectivity index (χ1n) is 8.26. The van der Waals surface area contributed by atoms with Crippen LogP contribution < -0.4 is 5.63 Å². The molecular weight excluding hydrogens is 384 g/mol. The maximum atomic E-state index is 12.0. The summed E-state index contributed by atoms with van der Waals surface area (Å²) in [6.07, 6.45) is 0. The van der Waals surface area contributed by atoms with Gasteiger partial charge in [0, 0.05) is 27.8 Å². The third-order valence-corrected chi connectivity index (χ3v) is 5.49. The summed E-state index contributed by atoms with van der Waals surface area (Å²) >= 11 is 7.28. The molecule has 0 aliphatic carbocycles. The molecule has 0 aliphatic rings. The molecule has 2 aromatic heterocycles. The molecule has 0 amide bonds. The van der Waals surface area contributed by atoms with E-state index in [1.165, 1.54) is 17.8 Å². The van der Waals surface area contributed by atoms with Crippen LogP contribution in [-0.4, -0.2) is 10.2 Å². The highest BCUT2D eigenvalue weighted by Crippen LogP contribution is 2.30. The Labute approximate surface area is 164 Å². The Balaban J connectivity index is 1.60. The number of hydrogen-bond donors (Lipinski definition) is 0. The summed E-state index contributed by atoms with van der Waals surface area (Å²) in [5, 5.41) is 10.2. The quantitative estimate of drug-likeness (QED) is 0.338. The zero-order valence-corrected chi connectivity index (χ0v) is 16.2. The van der Waals surface area contributed by atoms with Crippen LogP contribution >= 0.6 is 23.4 Å². The van der Waals surface area contributed by atoms with Crippen molar-refractivity contribution in [1.82, 2.24) is 10.2 Å². The average molecular weight is 399 g/mol. The van der Waals surface area contributed by atoms with Crippen LogP contribution in [0.1, 0.15) is 16.7 Å². The Bertz CT molecular complexity index is 1180. The molecule has 2 aromatic carbocycles. The molecule has 0 N–H and O–H groups in total. The molecule has 0 saturated carbocycles.